The van der Waals surface area contributed by atoms with E-state index in [0.29, 0.717) is 28.9 Å². The number of rotatable bonds is 6. The summed E-state index contributed by atoms with van der Waals surface area (Å²) in [4.78, 5) is 0. The van der Waals surface area contributed by atoms with Gasteiger partial charge in [-0.05, 0) is 29.8 Å². The number of nitrogens with one attached hydrogen (secondary N) is 1. The van der Waals surface area contributed by atoms with Crippen molar-refractivity contribution in [2.24, 2.45) is 0 Å². The Morgan fingerprint density at radius 3 is 2.33 bits per heavy atom. The maximum absolute atomic E-state index is 6.20. The van der Waals surface area contributed by atoms with Gasteiger partial charge in [-0.15, -0.1) is 0 Å². The maximum atomic E-state index is 6.20. The smallest absolute Gasteiger partial charge is 0.137 e. The molecule has 0 atom stereocenters. The van der Waals surface area contributed by atoms with Gasteiger partial charge in [0.25, 0.3) is 0 Å². The lowest BCUT2D eigenvalue weighted by atomic mass is 10.1. The van der Waals surface area contributed by atoms with Crippen LogP contribution >= 0.6 is 23.2 Å². The van der Waals surface area contributed by atoms with Crippen LogP contribution in [0.5, 0.6) is 11.5 Å². The molecule has 0 bridgehead atoms. The molecule has 0 fully saturated rings. The molecule has 0 saturated carbocycles. The molecule has 5 heteroatoms. The summed E-state index contributed by atoms with van der Waals surface area (Å²) in [6, 6.07) is 11.3. The predicted octanol–water partition coefficient (Wildman–Crippen LogP) is 4.30. The molecule has 0 aliphatic carbocycles. The molecule has 0 aliphatic heterocycles. The summed E-state index contributed by atoms with van der Waals surface area (Å²) in [5.41, 5.74) is 2.02. The molecule has 0 heterocycles. The van der Waals surface area contributed by atoms with Crippen molar-refractivity contribution < 1.29 is 9.47 Å². The van der Waals surface area contributed by atoms with Crippen molar-refractivity contribution in [1.29, 1.82) is 0 Å². The third-order valence-electron chi connectivity index (χ3n) is 3.14. The first kappa shape index (κ1) is 16.0. The van der Waals surface area contributed by atoms with Crippen LogP contribution in [0.25, 0.3) is 0 Å². The lowest BCUT2D eigenvalue weighted by Gasteiger charge is -2.12. The molecule has 21 heavy (non-hydrogen) atoms. The van der Waals surface area contributed by atoms with Crippen molar-refractivity contribution in [3.63, 3.8) is 0 Å². The minimum Gasteiger partial charge on any atom is -0.496 e. The fourth-order valence-electron chi connectivity index (χ4n) is 2.05. The van der Waals surface area contributed by atoms with Gasteiger partial charge in [-0.3, -0.25) is 0 Å². The van der Waals surface area contributed by atoms with Crippen LogP contribution in [0.15, 0.2) is 36.4 Å². The highest BCUT2D eigenvalue weighted by atomic mass is 35.5. The van der Waals surface area contributed by atoms with Gasteiger partial charge in [0, 0.05) is 23.7 Å². The van der Waals surface area contributed by atoms with Gasteiger partial charge in [0.15, 0.2) is 0 Å². The second kappa shape index (κ2) is 7.55. The molecule has 2 aromatic rings. The van der Waals surface area contributed by atoms with Crippen LogP contribution in [-0.2, 0) is 13.1 Å². The van der Waals surface area contributed by atoms with Crippen LogP contribution in [0.2, 0.25) is 10.0 Å². The van der Waals surface area contributed by atoms with E-state index in [2.05, 4.69) is 5.32 Å². The van der Waals surface area contributed by atoms with Crippen molar-refractivity contribution >= 4 is 23.2 Å². The largest absolute Gasteiger partial charge is 0.496 e. The van der Waals surface area contributed by atoms with Crippen LogP contribution in [-0.4, -0.2) is 14.2 Å². The standard InChI is InChI=1S/C16H17Cl2NO2/c1-20-15-5-3-4-13(17)12(15)10-19-9-11-6-7-16(21-2)14(18)8-11/h3-8,19H,9-10H2,1-2H3. The van der Waals surface area contributed by atoms with E-state index in [0.717, 1.165) is 16.9 Å². The summed E-state index contributed by atoms with van der Waals surface area (Å²) in [5, 5.41) is 4.63. The Labute approximate surface area is 134 Å². The number of hydrogen-bond donors (Lipinski definition) is 1. The first-order valence-electron chi connectivity index (χ1n) is 6.50. The fraction of sp³-hybridized carbons (Fsp3) is 0.250. The molecular weight excluding hydrogens is 309 g/mol. The second-order valence-electron chi connectivity index (χ2n) is 4.49. The zero-order valence-corrected chi connectivity index (χ0v) is 13.5. The monoisotopic (exact) mass is 325 g/mol. The third kappa shape index (κ3) is 4.03. The van der Waals surface area contributed by atoms with E-state index in [1.165, 1.54) is 0 Å². The van der Waals surface area contributed by atoms with Crippen LogP contribution in [0, 0.1) is 0 Å². The fourth-order valence-corrected chi connectivity index (χ4v) is 2.57. The molecule has 2 aromatic carbocycles. The lowest BCUT2D eigenvalue weighted by Crippen LogP contribution is -2.13. The number of benzene rings is 2. The molecule has 112 valence electrons. The zero-order chi connectivity index (χ0) is 15.2. The molecule has 2 rings (SSSR count). The maximum Gasteiger partial charge on any atom is 0.137 e. The van der Waals surface area contributed by atoms with E-state index < -0.39 is 0 Å². The summed E-state index contributed by atoms with van der Waals surface area (Å²) in [7, 11) is 3.24. The van der Waals surface area contributed by atoms with Gasteiger partial charge in [-0.2, -0.15) is 0 Å². The highest BCUT2D eigenvalue weighted by molar-refractivity contribution is 6.32. The molecule has 0 aliphatic rings. The molecule has 0 spiro atoms. The van der Waals surface area contributed by atoms with Crippen molar-refractivity contribution in [1.82, 2.24) is 5.32 Å². The summed E-state index contributed by atoms with van der Waals surface area (Å²) in [5.74, 6) is 1.45. The van der Waals surface area contributed by atoms with Crippen LogP contribution in [0.4, 0.5) is 0 Å². The van der Waals surface area contributed by atoms with Crippen molar-refractivity contribution in [3.05, 3.63) is 57.6 Å². The van der Waals surface area contributed by atoms with E-state index >= 15 is 0 Å². The van der Waals surface area contributed by atoms with Crippen LogP contribution < -0.4 is 14.8 Å². The summed E-state index contributed by atoms with van der Waals surface area (Å²) in [6.45, 7) is 1.30. The lowest BCUT2D eigenvalue weighted by molar-refractivity contribution is 0.407. The van der Waals surface area contributed by atoms with E-state index in [1.54, 1.807) is 14.2 Å². The normalized spacial score (nSPS) is 10.5. The van der Waals surface area contributed by atoms with Crippen molar-refractivity contribution in [3.8, 4) is 11.5 Å². The van der Waals surface area contributed by atoms with Crippen molar-refractivity contribution in [2.75, 3.05) is 14.2 Å². The molecular formula is C16H17Cl2NO2. The number of halogens is 2. The predicted molar refractivity (Wildman–Crippen MR) is 86.6 cm³/mol. The van der Waals surface area contributed by atoms with Crippen LogP contribution in [0.1, 0.15) is 11.1 Å². The van der Waals surface area contributed by atoms with Gasteiger partial charge < -0.3 is 14.8 Å². The summed E-state index contributed by atoms with van der Waals surface area (Å²) >= 11 is 12.3. The Hall–Kier alpha value is -1.42. The highest BCUT2D eigenvalue weighted by Gasteiger charge is 2.07. The van der Waals surface area contributed by atoms with Crippen LogP contribution in [0.3, 0.4) is 0 Å². The minimum atomic E-state index is 0.604. The van der Waals surface area contributed by atoms with Crippen molar-refractivity contribution in [2.45, 2.75) is 13.1 Å². The molecule has 0 aromatic heterocycles. The Kier molecular flexibility index (Phi) is 5.74. The number of ether oxygens (including phenoxy) is 2. The van der Waals surface area contributed by atoms with Gasteiger partial charge in [0.2, 0.25) is 0 Å². The van der Waals surface area contributed by atoms with Gasteiger partial charge in [0.1, 0.15) is 11.5 Å². The quantitative estimate of drug-likeness (QED) is 0.858. The second-order valence-corrected chi connectivity index (χ2v) is 5.31. The summed E-state index contributed by atoms with van der Waals surface area (Å²) in [6.07, 6.45) is 0. The first-order valence-corrected chi connectivity index (χ1v) is 7.25. The highest BCUT2D eigenvalue weighted by Crippen LogP contribution is 2.27. The summed E-state index contributed by atoms with van der Waals surface area (Å²) < 4.78 is 10.4. The zero-order valence-electron chi connectivity index (χ0n) is 12.0. The number of methoxy groups -OCH3 is 2. The molecule has 3 nitrogen and oxygen atoms in total. The topological polar surface area (TPSA) is 30.5 Å². The van der Waals surface area contributed by atoms with Gasteiger partial charge >= 0.3 is 0 Å². The van der Waals surface area contributed by atoms with E-state index in [-0.39, 0.29) is 0 Å². The molecule has 0 amide bonds. The Balaban J connectivity index is 2.00. The average Bonchev–Trinajstić information content (AvgIpc) is 2.49. The Bertz CT molecular complexity index is 617. The van der Waals surface area contributed by atoms with Gasteiger partial charge in [-0.25, -0.2) is 0 Å². The van der Waals surface area contributed by atoms with E-state index in [1.807, 2.05) is 36.4 Å². The molecule has 1 N–H and O–H groups in total. The third-order valence-corrected chi connectivity index (χ3v) is 3.79. The Morgan fingerprint density at radius 1 is 0.905 bits per heavy atom. The number of hydrogen-bond acceptors (Lipinski definition) is 3. The SMILES string of the molecule is COc1ccc(CNCc2c(Cl)cccc2OC)cc1Cl. The van der Waals surface area contributed by atoms with Gasteiger partial charge in [-0.1, -0.05) is 35.3 Å². The molecule has 0 saturated heterocycles. The average molecular weight is 326 g/mol. The van der Waals surface area contributed by atoms with Gasteiger partial charge in [0.05, 0.1) is 19.2 Å². The molecule has 0 unspecified atom stereocenters. The molecule has 0 radical (unpaired) electrons. The first-order chi connectivity index (χ1) is 10.2. The Morgan fingerprint density at radius 2 is 1.67 bits per heavy atom. The van der Waals surface area contributed by atoms with E-state index in [9.17, 15) is 0 Å². The van der Waals surface area contributed by atoms with E-state index in [4.69, 9.17) is 32.7 Å². The minimum absolute atomic E-state index is 0.604.